The molecule has 2 N–H and O–H groups in total. The Bertz CT molecular complexity index is 1230. The van der Waals surface area contributed by atoms with Crippen LogP contribution < -0.4 is 19.5 Å². The molecular weight excluding hydrogens is 464 g/mol. The van der Waals surface area contributed by atoms with Gasteiger partial charge in [0.1, 0.15) is 22.4 Å². The lowest BCUT2D eigenvalue weighted by molar-refractivity contribution is -0.117. The van der Waals surface area contributed by atoms with Crippen LogP contribution in [0.5, 0.6) is 11.5 Å². The Balaban J connectivity index is 1.96. The molecular formula is C24H25ClN2O5S. The van der Waals surface area contributed by atoms with E-state index in [2.05, 4.69) is 10.0 Å². The fourth-order valence-corrected chi connectivity index (χ4v) is 4.90. The Morgan fingerprint density at radius 1 is 0.970 bits per heavy atom. The van der Waals surface area contributed by atoms with Crippen molar-refractivity contribution in [1.29, 1.82) is 0 Å². The van der Waals surface area contributed by atoms with Crippen LogP contribution in [-0.4, -0.2) is 34.6 Å². The smallest absolute Gasteiger partial charge is 0.245 e. The standard InChI is InChI=1S/C24H25ClN2O5S/c1-16-9-11-22(32-3)23(13-16)33(29,30)27-20(14-17-7-5-4-6-8-17)24(28)26-19-15-18(25)10-12-21(19)31-2/h4-13,15,20,27H,14H2,1-3H3,(H,26,28)/t20-/m1/s1. The normalized spacial score (nSPS) is 12.1. The Morgan fingerprint density at radius 3 is 2.30 bits per heavy atom. The predicted molar refractivity (Wildman–Crippen MR) is 129 cm³/mol. The number of benzene rings is 3. The molecule has 0 saturated heterocycles. The summed E-state index contributed by atoms with van der Waals surface area (Å²) in [6.07, 6.45) is 0.128. The van der Waals surface area contributed by atoms with Crippen molar-refractivity contribution in [3.63, 3.8) is 0 Å². The van der Waals surface area contributed by atoms with Crippen LogP contribution in [0.1, 0.15) is 11.1 Å². The van der Waals surface area contributed by atoms with Crippen molar-refractivity contribution in [1.82, 2.24) is 4.72 Å². The second-order valence-electron chi connectivity index (χ2n) is 7.35. The molecule has 3 rings (SSSR count). The number of nitrogens with one attached hydrogen (secondary N) is 2. The first kappa shape index (κ1) is 24.6. The number of hydrogen-bond acceptors (Lipinski definition) is 5. The van der Waals surface area contributed by atoms with Gasteiger partial charge in [0.2, 0.25) is 15.9 Å². The van der Waals surface area contributed by atoms with Crippen LogP contribution in [0.4, 0.5) is 5.69 Å². The molecule has 0 spiro atoms. The van der Waals surface area contributed by atoms with E-state index in [0.29, 0.717) is 16.5 Å². The highest BCUT2D eigenvalue weighted by atomic mass is 35.5. The lowest BCUT2D eigenvalue weighted by Crippen LogP contribution is -2.45. The Hall–Kier alpha value is -3.07. The van der Waals surface area contributed by atoms with Crippen LogP contribution in [0.3, 0.4) is 0 Å². The molecule has 0 aliphatic carbocycles. The number of carbonyl (C=O) groups excluding carboxylic acids is 1. The summed E-state index contributed by atoms with van der Waals surface area (Å²) in [6, 6.07) is 17.6. The summed E-state index contributed by atoms with van der Waals surface area (Å²) >= 11 is 6.07. The Kier molecular flexibility index (Phi) is 7.97. The minimum absolute atomic E-state index is 0.0452. The quantitative estimate of drug-likeness (QED) is 0.471. The van der Waals surface area contributed by atoms with E-state index in [1.165, 1.54) is 26.4 Å². The zero-order chi connectivity index (χ0) is 24.0. The van der Waals surface area contributed by atoms with Gasteiger partial charge in [0.05, 0.1) is 19.9 Å². The molecule has 0 radical (unpaired) electrons. The number of amides is 1. The molecule has 0 aliphatic heterocycles. The van der Waals surface area contributed by atoms with Crippen LogP contribution in [0.25, 0.3) is 0 Å². The highest BCUT2D eigenvalue weighted by Crippen LogP contribution is 2.29. The van der Waals surface area contributed by atoms with Gasteiger partial charge in [-0.15, -0.1) is 0 Å². The van der Waals surface area contributed by atoms with Crippen LogP contribution >= 0.6 is 11.6 Å². The van der Waals surface area contributed by atoms with E-state index < -0.39 is 22.0 Å². The van der Waals surface area contributed by atoms with Crippen molar-refractivity contribution >= 4 is 33.2 Å². The molecule has 0 aliphatic rings. The van der Waals surface area contributed by atoms with Gasteiger partial charge in [0.25, 0.3) is 0 Å². The largest absolute Gasteiger partial charge is 0.495 e. The number of sulfonamides is 1. The third-order valence-electron chi connectivity index (χ3n) is 4.92. The number of anilines is 1. The molecule has 7 nitrogen and oxygen atoms in total. The maximum atomic E-state index is 13.3. The first-order chi connectivity index (χ1) is 15.7. The molecule has 0 fully saturated rings. The number of halogens is 1. The van der Waals surface area contributed by atoms with Gasteiger partial charge in [-0.1, -0.05) is 48.0 Å². The van der Waals surface area contributed by atoms with Crippen LogP contribution in [0, 0.1) is 6.92 Å². The molecule has 174 valence electrons. The lowest BCUT2D eigenvalue weighted by Gasteiger charge is -2.20. The zero-order valence-corrected chi connectivity index (χ0v) is 20.0. The number of rotatable bonds is 9. The number of aryl methyl sites for hydroxylation is 1. The van der Waals surface area contributed by atoms with Crippen molar-refractivity contribution in [2.75, 3.05) is 19.5 Å². The van der Waals surface area contributed by atoms with Crippen molar-refractivity contribution in [3.8, 4) is 11.5 Å². The summed E-state index contributed by atoms with van der Waals surface area (Å²) in [5, 5.41) is 3.13. The molecule has 9 heteroatoms. The molecule has 0 bridgehead atoms. The molecule has 3 aromatic carbocycles. The molecule has 0 aromatic heterocycles. The van der Waals surface area contributed by atoms with Gasteiger partial charge in [0.15, 0.2) is 0 Å². The van der Waals surface area contributed by atoms with Crippen molar-refractivity contribution in [2.24, 2.45) is 0 Å². The maximum absolute atomic E-state index is 13.3. The lowest BCUT2D eigenvalue weighted by atomic mass is 10.1. The summed E-state index contributed by atoms with van der Waals surface area (Å²) in [5.41, 5.74) is 1.86. The summed E-state index contributed by atoms with van der Waals surface area (Å²) in [7, 11) is -1.24. The van der Waals surface area contributed by atoms with Gasteiger partial charge in [-0.25, -0.2) is 8.42 Å². The highest BCUT2D eigenvalue weighted by Gasteiger charge is 2.29. The molecule has 3 aromatic rings. The molecule has 0 unspecified atom stereocenters. The van der Waals surface area contributed by atoms with E-state index in [0.717, 1.165) is 11.1 Å². The minimum atomic E-state index is -4.10. The summed E-state index contributed by atoms with van der Waals surface area (Å²) in [4.78, 5) is 13.2. The Morgan fingerprint density at radius 2 is 1.64 bits per heavy atom. The number of carbonyl (C=O) groups is 1. The van der Waals surface area contributed by atoms with Crippen molar-refractivity contribution in [2.45, 2.75) is 24.3 Å². The number of ether oxygens (including phenoxy) is 2. The van der Waals surface area contributed by atoms with Gasteiger partial charge in [-0.2, -0.15) is 4.72 Å². The maximum Gasteiger partial charge on any atom is 0.245 e. The van der Waals surface area contributed by atoms with Gasteiger partial charge in [0, 0.05) is 5.02 Å². The van der Waals surface area contributed by atoms with Gasteiger partial charge in [-0.05, 0) is 54.8 Å². The zero-order valence-electron chi connectivity index (χ0n) is 18.5. The van der Waals surface area contributed by atoms with E-state index in [9.17, 15) is 13.2 Å². The summed E-state index contributed by atoms with van der Waals surface area (Å²) in [5.74, 6) is 0.0208. The monoisotopic (exact) mass is 488 g/mol. The van der Waals surface area contributed by atoms with E-state index in [-0.39, 0.29) is 17.1 Å². The summed E-state index contributed by atoms with van der Waals surface area (Å²) in [6.45, 7) is 1.78. The molecule has 1 atom stereocenters. The van der Waals surface area contributed by atoms with Crippen LogP contribution in [0.15, 0.2) is 71.6 Å². The Labute approximate surface area is 198 Å². The van der Waals surface area contributed by atoms with Gasteiger partial charge < -0.3 is 14.8 Å². The fraction of sp³-hybridized carbons (Fsp3) is 0.208. The van der Waals surface area contributed by atoms with E-state index >= 15 is 0 Å². The van der Waals surface area contributed by atoms with E-state index in [1.54, 1.807) is 31.2 Å². The summed E-state index contributed by atoms with van der Waals surface area (Å²) < 4.78 is 39.6. The average Bonchev–Trinajstić information content (AvgIpc) is 2.79. The molecule has 0 saturated carbocycles. The van der Waals surface area contributed by atoms with Crippen LogP contribution in [-0.2, 0) is 21.2 Å². The second kappa shape index (κ2) is 10.7. The van der Waals surface area contributed by atoms with E-state index in [4.69, 9.17) is 21.1 Å². The highest BCUT2D eigenvalue weighted by molar-refractivity contribution is 7.89. The predicted octanol–water partition coefficient (Wildman–Crippen LogP) is 4.19. The van der Waals surface area contributed by atoms with Crippen molar-refractivity contribution in [3.05, 3.63) is 82.9 Å². The third-order valence-corrected chi connectivity index (χ3v) is 6.65. The van der Waals surface area contributed by atoms with Gasteiger partial charge in [-0.3, -0.25) is 4.79 Å². The van der Waals surface area contributed by atoms with Crippen LogP contribution in [0.2, 0.25) is 5.02 Å². The first-order valence-corrected chi connectivity index (χ1v) is 11.9. The molecule has 0 heterocycles. The number of methoxy groups -OCH3 is 2. The minimum Gasteiger partial charge on any atom is -0.495 e. The molecule has 33 heavy (non-hydrogen) atoms. The topological polar surface area (TPSA) is 93.7 Å². The second-order valence-corrected chi connectivity index (χ2v) is 9.47. The van der Waals surface area contributed by atoms with Crippen molar-refractivity contribution < 1.29 is 22.7 Å². The first-order valence-electron chi connectivity index (χ1n) is 10.1. The third kappa shape index (κ3) is 6.25. The van der Waals surface area contributed by atoms with Gasteiger partial charge >= 0.3 is 0 Å². The molecule has 1 amide bonds. The fourth-order valence-electron chi connectivity index (χ4n) is 3.28. The SMILES string of the molecule is COc1ccc(Cl)cc1NC(=O)[C@@H](Cc1ccccc1)NS(=O)(=O)c1cc(C)ccc1OC. The number of hydrogen-bond donors (Lipinski definition) is 2. The van der Waals surface area contributed by atoms with E-state index in [1.807, 2.05) is 30.3 Å². The average molecular weight is 489 g/mol.